The summed E-state index contributed by atoms with van der Waals surface area (Å²) in [5, 5.41) is 5.05. The lowest BCUT2D eigenvalue weighted by atomic mass is 9.81. The first kappa shape index (κ1) is 29.9. The topological polar surface area (TPSA) is 35.6 Å². The van der Waals surface area contributed by atoms with E-state index in [0.29, 0.717) is 0 Å². The highest BCUT2D eigenvalue weighted by molar-refractivity contribution is 6.28. The number of nitrogens with zero attached hydrogens (tertiary/aromatic N) is 4. The number of hydrogen-bond donors (Lipinski definition) is 0. The maximum Gasteiger partial charge on any atom is 0.160 e. The summed E-state index contributed by atoms with van der Waals surface area (Å²) in [7, 11) is 0. The highest BCUT2D eigenvalue weighted by atomic mass is 15.0. The van der Waals surface area contributed by atoms with Crippen LogP contribution in [-0.4, -0.2) is 19.1 Å². The normalized spacial score (nSPS) is 13.2. The third kappa shape index (κ3) is 4.24. The molecule has 0 spiro atoms. The Labute approximate surface area is 307 Å². The molecular weight excluding hydrogens is 645 g/mol. The van der Waals surface area contributed by atoms with Crippen molar-refractivity contribution >= 4 is 43.6 Å². The monoisotopic (exact) mass is 678 g/mol. The molecule has 0 N–H and O–H groups in total. The maximum atomic E-state index is 5.33. The molecule has 7 aromatic carbocycles. The zero-order valence-electron chi connectivity index (χ0n) is 29.5. The molecule has 53 heavy (non-hydrogen) atoms. The van der Waals surface area contributed by atoms with Gasteiger partial charge in [-0.05, 0) is 54.1 Å². The van der Waals surface area contributed by atoms with Gasteiger partial charge >= 0.3 is 0 Å². The fraction of sp³-hybridized carbons (Fsp3) is 0.0612. The molecule has 0 aliphatic heterocycles. The van der Waals surface area contributed by atoms with E-state index in [2.05, 4.69) is 187 Å². The number of rotatable bonds is 4. The molecule has 250 valence electrons. The Hall–Kier alpha value is -6.78. The van der Waals surface area contributed by atoms with E-state index >= 15 is 0 Å². The summed E-state index contributed by atoms with van der Waals surface area (Å²) in [4.78, 5) is 10.5. The SMILES string of the molecule is CC1(C)c2ccccc2-c2nc(-c3ccccc3)nc(-c3ccc(-n4c5ccccc5c5c6c7ccccc7n(-c7ccccc7)c6ccc54)cc3)c21. The maximum absolute atomic E-state index is 5.33. The standard InChI is InChI=1S/C49H34N4/c1-49(2)38-22-12-9-19-35(38)47-45(49)46(50-48(51-47)32-15-5-3-6-16-32)31-25-27-34(28-26-31)53-40-24-14-11-21-37(40)44-42(53)30-29-41-43(44)36-20-10-13-23-39(36)52(41)33-17-7-4-8-18-33/h3-30H,1-2H3. The van der Waals surface area contributed by atoms with Crippen LogP contribution in [0.2, 0.25) is 0 Å². The van der Waals surface area contributed by atoms with Crippen molar-refractivity contribution in [3.8, 4) is 45.3 Å². The zero-order chi connectivity index (χ0) is 35.3. The second-order valence-electron chi connectivity index (χ2n) is 14.6. The van der Waals surface area contributed by atoms with Crippen LogP contribution in [0.25, 0.3) is 88.9 Å². The largest absolute Gasteiger partial charge is 0.309 e. The third-order valence-electron chi connectivity index (χ3n) is 11.3. The van der Waals surface area contributed by atoms with Crippen molar-refractivity contribution < 1.29 is 0 Å². The number of fused-ring (bicyclic) bond motifs is 10. The van der Waals surface area contributed by atoms with Crippen molar-refractivity contribution in [2.45, 2.75) is 19.3 Å². The van der Waals surface area contributed by atoms with Crippen LogP contribution in [0.1, 0.15) is 25.0 Å². The molecule has 0 saturated heterocycles. The van der Waals surface area contributed by atoms with Crippen molar-refractivity contribution in [1.82, 2.24) is 19.1 Å². The zero-order valence-corrected chi connectivity index (χ0v) is 29.5. The molecule has 4 nitrogen and oxygen atoms in total. The molecular formula is C49H34N4. The molecule has 4 heteroatoms. The average Bonchev–Trinajstić information content (AvgIpc) is 3.81. The average molecular weight is 679 g/mol. The Morgan fingerprint density at radius 1 is 0.415 bits per heavy atom. The quantitative estimate of drug-likeness (QED) is 0.186. The first-order valence-electron chi connectivity index (χ1n) is 18.3. The van der Waals surface area contributed by atoms with Crippen LogP contribution in [0.3, 0.4) is 0 Å². The molecule has 3 aromatic heterocycles. The fourth-order valence-electron chi connectivity index (χ4n) is 8.96. The van der Waals surface area contributed by atoms with Crippen LogP contribution in [-0.2, 0) is 5.41 Å². The fourth-order valence-corrected chi connectivity index (χ4v) is 8.96. The van der Waals surface area contributed by atoms with Crippen LogP contribution >= 0.6 is 0 Å². The van der Waals surface area contributed by atoms with Gasteiger partial charge in [-0.25, -0.2) is 9.97 Å². The van der Waals surface area contributed by atoms with Crippen LogP contribution in [0.5, 0.6) is 0 Å². The second kappa shape index (κ2) is 11.1. The molecule has 0 atom stereocenters. The van der Waals surface area contributed by atoms with Gasteiger partial charge in [0.05, 0.1) is 33.5 Å². The molecule has 0 saturated carbocycles. The minimum atomic E-state index is -0.244. The van der Waals surface area contributed by atoms with Crippen molar-refractivity contribution in [2.75, 3.05) is 0 Å². The number of benzene rings is 7. The first-order valence-corrected chi connectivity index (χ1v) is 18.3. The molecule has 3 heterocycles. The van der Waals surface area contributed by atoms with E-state index in [1.165, 1.54) is 60.3 Å². The highest BCUT2D eigenvalue weighted by Gasteiger charge is 2.40. The molecule has 1 aliphatic carbocycles. The molecule has 0 bridgehead atoms. The van der Waals surface area contributed by atoms with Crippen molar-refractivity contribution in [1.29, 1.82) is 0 Å². The summed E-state index contributed by atoms with van der Waals surface area (Å²) in [6, 6.07) is 60.9. The minimum absolute atomic E-state index is 0.244. The molecule has 11 rings (SSSR count). The summed E-state index contributed by atoms with van der Waals surface area (Å²) in [5.41, 5.74) is 14.6. The Morgan fingerprint density at radius 3 is 1.57 bits per heavy atom. The highest BCUT2D eigenvalue weighted by Crippen LogP contribution is 2.51. The van der Waals surface area contributed by atoms with Crippen LogP contribution in [0.15, 0.2) is 170 Å². The second-order valence-corrected chi connectivity index (χ2v) is 14.6. The predicted molar refractivity (Wildman–Crippen MR) is 219 cm³/mol. The van der Waals surface area contributed by atoms with Gasteiger partial charge in [0.1, 0.15) is 0 Å². The van der Waals surface area contributed by atoms with E-state index < -0.39 is 0 Å². The lowest BCUT2D eigenvalue weighted by molar-refractivity contribution is 0.658. The summed E-state index contributed by atoms with van der Waals surface area (Å²) >= 11 is 0. The van der Waals surface area contributed by atoms with Gasteiger partial charge in [0.15, 0.2) is 5.82 Å². The lowest BCUT2D eigenvalue weighted by Crippen LogP contribution is -2.17. The number of hydrogen-bond acceptors (Lipinski definition) is 2. The van der Waals surface area contributed by atoms with Crippen LogP contribution in [0, 0.1) is 0 Å². The third-order valence-corrected chi connectivity index (χ3v) is 11.3. The summed E-state index contributed by atoms with van der Waals surface area (Å²) in [5.74, 6) is 0.747. The number of para-hydroxylation sites is 3. The predicted octanol–water partition coefficient (Wildman–Crippen LogP) is 12.3. The van der Waals surface area contributed by atoms with Gasteiger partial charge in [-0.2, -0.15) is 0 Å². The van der Waals surface area contributed by atoms with Gasteiger partial charge in [-0.3, -0.25) is 0 Å². The number of aromatic nitrogens is 4. The van der Waals surface area contributed by atoms with Gasteiger partial charge in [-0.1, -0.05) is 135 Å². The molecule has 0 radical (unpaired) electrons. The lowest BCUT2D eigenvalue weighted by Gasteiger charge is -2.24. The Bertz CT molecular complexity index is 3060. The summed E-state index contributed by atoms with van der Waals surface area (Å²) in [6.45, 7) is 4.60. The van der Waals surface area contributed by atoms with Crippen molar-refractivity contribution in [2.24, 2.45) is 0 Å². The van der Waals surface area contributed by atoms with E-state index in [4.69, 9.17) is 9.97 Å². The van der Waals surface area contributed by atoms with Crippen molar-refractivity contribution in [3.63, 3.8) is 0 Å². The van der Waals surface area contributed by atoms with Gasteiger partial charge < -0.3 is 9.13 Å². The smallest absolute Gasteiger partial charge is 0.160 e. The molecule has 1 aliphatic rings. The Balaban J connectivity index is 1.13. The van der Waals surface area contributed by atoms with E-state index in [1.54, 1.807) is 0 Å². The van der Waals surface area contributed by atoms with E-state index in [9.17, 15) is 0 Å². The molecule has 0 amide bonds. The summed E-state index contributed by atoms with van der Waals surface area (Å²) < 4.78 is 4.82. The van der Waals surface area contributed by atoms with Gasteiger partial charge in [-0.15, -0.1) is 0 Å². The van der Waals surface area contributed by atoms with Gasteiger partial charge in [0, 0.05) is 60.6 Å². The van der Waals surface area contributed by atoms with E-state index in [1.807, 2.05) is 6.07 Å². The Morgan fingerprint density at radius 2 is 0.925 bits per heavy atom. The Kier molecular flexibility index (Phi) is 6.27. The van der Waals surface area contributed by atoms with Gasteiger partial charge in [0.25, 0.3) is 0 Å². The first-order chi connectivity index (χ1) is 26.1. The van der Waals surface area contributed by atoms with Crippen LogP contribution < -0.4 is 0 Å². The van der Waals surface area contributed by atoms with Gasteiger partial charge in [0.2, 0.25) is 0 Å². The van der Waals surface area contributed by atoms with E-state index in [0.717, 1.165) is 39.7 Å². The molecule has 0 unspecified atom stereocenters. The minimum Gasteiger partial charge on any atom is -0.309 e. The molecule has 10 aromatic rings. The van der Waals surface area contributed by atoms with Crippen molar-refractivity contribution in [3.05, 3.63) is 181 Å². The molecule has 0 fully saturated rings. The van der Waals surface area contributed by atoms with E-state index in [-0.39, 0.29) is 5.41 Å². The summed E-state index contributed by atoms with van der Waals surface area (Å²) in [6.07, 6.45) is 0. The van der Waals surface area contributed by atoms with Crippen LogP contribution in [0.4, 0.5) is 0 Å².